The van der Waals surface area contributed by atoms with E-state index in [9.17, 15) is 18.0 Å². The number of carbonyl (C=O) groups is 1. The van der Waals surface area contributed by atoms with E-state index in [2.05, 4.69) is 21.2 Å². The highest BCUT2D eigenvalue weighted by atomic mass is 79.9. The first-order valence-electron chi connectivity index (χ1n) is 7.32. The summed E-state index contributed by atoms with van der Waals surface area (Å²) >= 11 is 10.6. The Morgan fingerprint density at radius 3 is 2.60 bits per heavy atom. The summed E-state index contributed by atoms with van der Waals surface area (Å²) < 4.78 is 40.2. The average molecular weight is 456 g/mol. The van der Waals surface area contributed by atoms with Gasteiger partial charge in [0, 0.05) is 16.4 Å². The van der Waals surface area contributed by atoms with Crippen LogP contribution in [0, 0.1) is 0 Å². The number of benzene rings is 1. The fourth-order valence-electron chi connectivity index (χ4n) is 2.19. The number of hydrogen-bond donors (Lipinski definition) is 1. The van der Waals surface area contributed by atoms with Crippen molar-refractivity contribution < 1.29 is 18.0 Å². The monoisotopic (exact) mass is 454 g/mol. The van der Waals surface area contributed by atoms with E-state index in [-0.39, 0.29) is 17.3 Å². The standard InChI is InChI=1S/C16H15BrClF3N2OS/c1-2-23(8-11-4-6-14(17)25-11)9-15(24)22-13-5-3-10(18)7-12(13)16(19,20)21/h3-7H,2,8-9H2,1H3,(H,22,24). The van der Waals surface area contributed by atoms with Gasteiger partial charge in [-0.25, -0.2) is 0 Å². The minimum Gasteiger partial charge on any atom is -0.324 e. The SMILES string of the molecule is CCN(CC(=O)Nc1ccc(Cl)cc1C(F)(F)F)Cc1ccc(Br)s1. The molecule has 0 unspecified atom stereocenters. The fraction of sp³-hybridized carbons (Fsp3) is 0.312. The summed E-state index contributed by atoms with van der Waals surface area (Å²) in [6, 6.07) is 7.13. The normalized spacial score (nSPS) is 11.8. The van der Waals surface area contributed by atoms with Gasteiger partial charge in [-0.3, -0.25) is 9.69 Å². The van der Waals surface area contributed by atoms with Crippen LogP contribution in [0.15, 0.2) is 34.1 Å². The number of hydrogen-bond acceptors (Lipinski definition) is 3. The number of nitrogens with one attached hydrogen (secondary N) is 1. The van der Waals surface area contributed by atoms with Gasteiger partial charge in [-0.05, 0) is 52.8 Å². The molecule has 0 aliphatic heterocycles. The third kappa shape index (κ3) is 5.99. The smallest absolute Gasteiger partial charge is 0.324 e. The first kappa shape index (κ1) is 20.2. The Morgan fingerprint density at radius 1 is 1.32 bits per heavy atom. The lowest BCUT2D eigenvalue weighted by Crippen LogP contribution is -2.33. The topological polar surface area (TPSA) is 32.3 Å². The number of halogens is 5. The Hall–Kier alpha value is -1.09. The van der Waals surface area contributed by atoms with Crippen LogP contribution in [0.4, 0.5) is 18.9 Å². The van der Waals surface area contributed by atoms with Gasteiger partial charge in [-0.2, -0.15) is 13.2 Å². The van der Waals surface area contributed by atoms with Crippen LogP contribution in [-0.4, -0.2) is 23.9 Å². The summed E-state index contributed by atoms with van der Waals surface area (Å²) in [7, 11) is 0. The molecule has 0 bridgehead atoms. The Kier molecular flexibility index (Phi) is 6.90. The molecule has 0 fully saturated rings. The molecule has 136 valence electrons. The van der Waals surface area contributed by atoms with Crippen molar-refractivity contribution in [1.82, 2.24) is 4.90 Å². The third-order valence-corrected chi connectivity index (χ3v) is 5.23. The number of alkyl halides is 3. The zero-order valence-corrected chi connectivity index (χ0v) is 16.3. The second-order valence-electron chi connectivity index (χ2n) is 5.24. The minimum absolute atomic E-state index is 0.00799. The predicted octanol–water partition coefficient (Wildman–Crippen LogP) is 5.64. The van der Waals surface area contributed by atoms with Crippen molar-refractivity contribution in [2.24, 2.45) is 0 Å². The van der Waals surface area contributed by atoms with Crippen molar-refractivity contribution in [1.29, 1.82) is 0 Å². The van der Waals surface area contributed by atoms with E-state index in [4.69, 9.17) is 11.6 Å². The molecule has 0 aliphatic rings. The summed E-state index contributed by atoms with van der Waals surface area (Å²) in [5.41, 5.74) is -1.25. The van der Waals surface area contributed by atoms with Crippen molar-refractivity contribution in [2.75, 3.05) is 18.4 Å². The molecule has 0 atom stereocenters. The maximum atomic E-state index is 13.1. The van der Waals surface area contributed by atoms with Gasteiger partial charge in [0.2, 0.25) is 5.91 Å². The fourth-order valence-corrected chi connectivity index (χ4v) is 3.89. The van der Waals surface area contributed by atoms with E-state index >= 15 is 0 Å². The lowest BCUT2D eigenvalue weighted by molar-refractivity contribution is -0.137. The molecule has 3 nitrogen and oxygen atoms in total. The number of thiophene rings is 1. The Bertz CT molecular complexity index is 751. The van der Waals surface area contributed by atoms with E-state index in [0.717, 1.165) is 20.8 Å². The van der Waals surface area contributed by atoms with Crippen LogP contribution in [0.1, 0.15) is 17.4 Å². The molecule has 0 aliphatic carbocycles. The van der Waals surface area contributed by atoms with Crippen LogP contribution in [0.3, 0.4) is 0 Å². The summed E-state index contributed by atoms with van der Waals surface area (Å²) in [5, 5.41) is 2.30. The molecule has 2 rings (SSSR count). The van der Waals surface area contributed by atoms with Gasteiger partial charge < -0.3 is 5.32 Å². The highest BCUT2D eigenvalue weighted by Crippen LogP contribution is 2.36. The van der Waals surface area contributed by atoms with Gasteiger partial charge in [-0.1, -0.05) is 18.5 Å². The first-order valence-corrected chi connectivity index (χ1v) is 9.31. The second kappa shape index (κ2) is 8.53. The minimum atomic E-state index is -4.60. The van der Waals surface area contributed by atoms with Gasteiger partial charge in [0.1, 0.15) is 0 Å². The van der Waals surface area contributed by atoms with Crippen LogP contribution in [-0.2, 0) is 17.5 Å². The molecular weight excluding hydrogens is 441 g/mol. The van der Waals surface area contributed by atoms with Gasteiger partial charge in [-0.15, -0.1) is 11.3 Å². The zero-order valence-electron chi connectivity index (χ0n) is 13.2. The van der Waals surface area contributed by atoms with E-state index in [1.54, 1.807) is 11.3 Å². The van der Waals surface area contributed by atoms with Crippen molar-refractivity contribution >= 4 is 50.5 Å². The maximum absolute atomic E-state index is 13.1. The summed E-state index contributed by atoms with van der Waals surface area (Å²) in [6.45, 7) is 3.02. The predicted molar refractivity (Wildman–Crippen MR) is 98.1 cm³/mol. The molecule has 0 saturated heterocycles. The highest BCUT2D eigenvalue weighted by molar-refractivity contribution is 9.11. The molecule has 1 N–H and O–H groups in total. The molecule has 0 spiro atoms. The van der Waals surface area contributed by atoms with Crippen LogP contribution in [0.5, 0.6) is 0 Å². The Balaban J connectivity index is 2.06. The lowest BCUT2D eigenvalue weighted by atomic mass is 10.1. The molecule has 2 aromatic rings. The zero-order chi connectivity index (χ0) is 18.6. The first-order chi connectivity index (χ1) is 11.7. The number of likely N-dealkylation sites (N-methyl/N-ethyl adjacent to an activating group) is 1. The Morgan fingerprint density at radius 2 is 2.04 bits per heavy atom. The molecule has 25 heavy (non-hydrogen) atoms. The van der Waals surface area contributed by atoms with Crippen molar-refractivity contribution in [3.8, 4) is 0 Å². The number of rotatable bonds is 6. The van der Waals surface area contributed by atoms with Crippen LogP contribution >= 0.6 is 38.9 Å². The maximum Gasteiger partial charge on any atom is 0.418 e. The van der Waals surface area contributed by atoms with Crippen LogP contribution in [0.25, 0.3) is 0 Å². The highest BCUT2D eigenvalue weighted by Gasteiger charge is 2.34. The summed E-state index contributed by atoms with van der Waals surface area (Å²) in [4.78, 5) is 15.1. The van der Waals surface area contributed by atoms with Gasteiger partial charge in [0.15, 0.2) is 0 Å². The molecule has 9 heteroatoms. The second-order valence-corrected chi connectivity index (χ2v) is 8.23. The molecule has 1 amide bonds. The largest absolute Gasteiger partial charge is 0.418 e. The Labute approximate surface area is 160 Å². The van der Waals surface area contributed by atoms with Crippen molar-refractivity contribution in [3.05, 3.63) is 49.6 Å². The molecule has 1 aromatic carbocycles. The van der Waals surface area contributed by atoms with E-state index in [0.29, 0.717) is 13.1 Å². The van der Waals surface area contributed by atoms with Gasteiger partial charge in [0.05, 0.1) is 21.6 Å². The lowest BCUT2D eigenvalue weighted by Gasteiger charge is -2.20. The van der Waals surface area contributed by atoms with Crippen molar-refractivity contribution in [3.63, 3.8) is 0 Å². The molecule has 1 aromatic heterocycles. The molecule has 0 saturated carbocycles. The van der Waals surface area contributed by atoms with Crippen LogP contribution in [0.2, 0.25) is 5.02 Å². The number of anilines is 1. The molecule has 0 radical (unpaired) electrons. The average Bonchev–Trinajstić information content (AvgIpc) is 2.92. The number of carbonyl (C=O) groups excluding carboxylic acids is 1. The van der Waals surface area contributed by atoms with E-state index in [1.165, 1.54) is 6.07 Å². The number of nitrogens with zero attached hydrogens (tertiary/aromatic N) is 1. The quantitative estimate of drug-likeness (QED) is 0.611. The molecule has 1 heterocycles. The summed E-state index contributed by atoms with van der Waals surface area (Å²) in [5.74, 6) is -0.509. The van der Waals surface area contributed by atoms with Crippen LogP contribution < -0.4 is 5.32 Å². The summed E-state index contributed by atoms with van der Waals surface area (Å²) in [6.07, 6.45) is -4.60. The number of amides is 1. The van der Waals surface area contributed by atoms with Crippen molar-refractivity contribution in [2.45, 2.75) is 19.6 Å². The van der Waals surface area contributed by atoms with E-state index in [1.807, 2.05) is 24.0 Å². The van der Waals surface area contributed by atoms with Gasteiger partial charge in [0.25, 0.3) is 0 Å². The van der Waals surface area contributed by atoms with E-state index < -0.39 is 17.6 Å². The third-order valence-electron chi connectivity index (χ3n) is 3.38. The molecular formula is C16H15BrClF3N2OS. The van der Waals surface area contributed by atoms with Gasteiger partial charge >= 0.3 is 6.18 Å².